The van der Waals surface area contributed by atoms with Crippen LogP contribution in [0.2, 0.25) is 5.15 Å². The minimum atomic E-state index is -0.996. The quantitative estimate of drug-likeness (QED) is 0.402. The van der Waals surface area contributed by atoms with E-state index in [0.29, 0.717) is 28.6 Å². The zero-order valence-electron chi connectivity index (χ0n) is 16.6. The van der Waals surface area contributed by atoms with Gasteiger partial charge in [0.2, 0.25) is 0 Å². The fourth-order valence-corrected chi connectivity index (χ4v) is 4.67. The van der Waals surface area contributed by atoms with Gasteiger partial charge >= 0.3 is 0 Å². The summed E-state index contributed by atoms with van der Waals surface area (Å²) in [5, 5.41) is 33.9. The molecule has 3 aromatic rings. The molecule has 31 heavy (non-hydrogen) atoms. The van der Waals surface area contributed by atoms with Crippen LogP contribution in [0.15, 0.2) is 25.0 Å². The lowest BCUT2D eigenvalue weighted by Gasteiger charge is -2.19. The number of hydrogen-bond donors (Lipinski definition) is 4. The van der Waals surface area contributed by atoms with Crippen LogP contribution in [-0.4, -0.2) is 82.8 Å². The summed E-state index contributed by atoms with van der Waals surface area (Å²) in [5.41, 5.74) is 1.17. The van der Waals surface area contributed by atoms with Crippen LogP contribution in [0.4, 0.5) is 11.6 Å². The molecule has 1 saturated carbocycles. The topological polar surface area (TPSA) is 145 Å². The largest absolute Gasteiger partial charge is 0.396 e. The summed E-state index contributed by atoms with van der Waals surface area (Å²) in [6, 6.07) is 1.47. The number of hydrogen-bond acceptors (Lipinski definition) is 10. The third kappa shape index (κ3) is 3.67. The summed E-state index contributed by atoms with van der Waals surface area (Å²) < 4.78 is 1.76. The summed E-state index contributed by atoms with van der Waals surface area (Å²) >= 11 is 5.98. The number of imidazole rings is 1. The van der Waals surface area contributed by atoms with E-state index in [4.69, 9.17) is 11.6 Å². The van der Waals surface area contributed by atoms with Crippen molar-refractivity contribution >= 4 is 34.4 Å². The van der Waals surface area contributed by atoms with Gasteiger partial charge in [-0.05, 0) is 12.8 Å². The number of fused-ring (bicyclic) bond motifs is 1. The molecule has 2 fully saturated rings. The van der Waals surface area contributed by atoms with Crippen LogP contribution in [0, 0.1) is 5.92 Å². The monoisotopic (exact) mass is 446 g/mol. The fraction of sp³-hybridized carbons (Fsp3) is 0.526. The molecule has 0 amide bonds. The molecule has 0 spiro atoms. The van der Waals surface area contributed by atoms with Crippen molar-refractivity contribution in [2.45, 2.75) is 37.1 Å². The molecular weight excluding hydrogens is 424 g/mol. The van der Waals surface area contributed by atoms with Crippen LogP contribution in [0.5, 0.6) is 0 Å². The van der Waals surface area contributed by atoms with Gasteiger partial charge in [0.15, 0.2) is 11.5 Å². The predicted molar refractivity (Wildman–Crippen MR) is 113 cm³/mol. The molecule has 4 heterocycles. The Morgan fingerprint density at radius 1 is 1.10 bits per heavy atom. The van der Waals surface area contributed by atoms with E-state index in [9.17, 15) is 15.3 Å². The van der Waals surface area contributed by atoms with E-state index in [2.05, 4.69) is 35.1 Å². The summed E-state index contributed by atoms with van der Waals surface area (Å²) in [6.45, 7) is 1.37. The zero-order chi connectivity index (χ0) is 21.5. The molecule has 1 saturated heterocycles. The molecule has 0 radical (unpaired) electrons. The normalized spacial score (nSPS) is 28.5. The molecule has 11 nitrogen and oxygen atoms in total. The minimum absolute atomic E-state index is 0.134. The van der Waals surface area contributed by atoms with Gasteiger partial charge in [0, 0.05) is 37.7 Å². The van der Waals surface area contributed by atoms with Gasteiger partial charge in [0.1, 0.15) is 35.2 Å². The number of nitrogens with zero attached hydrogens (tertiary/aromatic N) is 7. The molecule has 4 N–H and O–H groups in total. The molecule has 4 unspecified atom stereocenters. The first-order valence-corrected chi connectivity index (χ1v) is 10.6. The molecule has 5 atom stereocenters. The number of aromatic nitrogens is 6. The van der Waals surface area contributed by atoms with Crippen molar-refractivity contribution in [1.82, 2.24) is 29.5 Å². The Morgan fingerprint density at radius 3 is 2.71 bits per heavy atom. The van der Waals surface area contributed by atoms with E-state index in [1.54, 1.807) is 17.0 Å². The molecule has 1 aliphatic heterocycles. The average Bonchev–Trinajstić information content (AvgIpc) is 3.47. The first-order valence-electron chi connectivity index (χ1n) is 10.2. The average molecular weight is 447 g/mol. The summed E-state index contributed by atoms with van der Waals surface area (Å²) in [5.74, 6) is 1.02. The van der Waals surface area contributed by atoms with Crippen molar-refractivity contribution < 1.29 is 15.3 Å². The molecule has 0 bridgehead atoms. The van der Waals surface area contributed by atoms with Crippen molar-refractivity contribution in [2.24, 2.45) is 5.92 Å². The highest BCUT2D eigenvalue weighted by molar-refractivity contribution is 6.29. The number of nitrogens with one attached hydrogen (secondary N) is 1. The lowest BCUT2D eigenvalue weighted by molar-refractivity contribution is -0.00370. The maximum Gasteiger partial charge on any atom is 0.165 e. The van der Waals surface area contributed by atoms with Gasteiger partial charge in [-0.3, -0.25) is 0 Å². The highest BCUT2D eigenvalue weighted by Gasteiger charge is 2.42. The second-order valence-corrected chi connectivity index (χ2v) is 8.44. The smallest absolute Gasteiger partial charge is 0.165 e. The first-order chi connectivity index (χ1) is 15.0. The Kier molecular flexibility index (Phi) is 5.34. The summed E-state index contributed by atoms with van der Waals surface area (Å²) in [7, 11) is 0. The number of rotatable bonds is 5. The van der Waals surface area contributed by atoms with Crippen LogP contribution >= 0.6 is 11.6 Å². The molecule has 3 aromatic heterocycles. The van der Waals surface area contributed by atoms with E-state index in [1.165, 1.54) is 12.7 Å². The molecular formula is C19H23ClN8O3. The zero-order valence-corrected chi connectivity index (χ0v) is 17.3. The van der Waals surface area contributed by atoms with Crippen LogP contribution < -0.4 is 10.2 Å². The molecule has 0 aromatic carbocycles. The molecule has 1 aliphatic carbocycles. The number of aliphatic hydroxyl groups excluding tert-OH is 3. The van der Waals surface area contributed by atoms with Gasteiger partial charge in [-0.2, -0.15) is 0 Å². The SMILES string of the molecule is OCC1CC(n2cnc3c(N[C@H]4CCN(c5cc(Cl)ncn5)C4)ncnc32)C(O)C1O. The lowest BCUT2D eigenvalue weighted by atomic mass is 10.1. The van der Waals surface area contributed by atoms with E-state index < -0.39 is 18.2 Å². The Morgan fingerprint density at radius 2 is 1.94 bits per heavy atom. The molecule has 2 aliphatic rings. The van der Waals surface area contributed by atoms with Crippen LogP contribution in [0.1, 0.15) is 18.9 Å². The van der Waals surface area contributed by atoms with Crippen LogP contribution in [0.25, 0.3) is 11.2 Å². The highest BCUT2D eigenvalue weighted by atomic mass is 35.5. The van der Waals surface area contributed by atoms with E-state index >= 15 is 0 Å². The van der Waals surface area contributed by atoms with E-state index in [-0.39, 0.29) is 18.6 Å². The maximum absolute atomic E-state index is 10.5. The van der Waals surface area contributed by atoms with Crippen molar-refractivity contribution in [1.29, 1.82) is 0 Å². The van der Waals surface area contributed by atoms with Gasteiger partial charge in [0.25, 0.3) is 0 Å². The van der Waals surface area contributed by atoms with Crippen molar-refractivity contribution in [3.8, 4) is 0 Å². The van der Waals surface area contributed by atoms with Crippen molar-refractivity contribution in [3.05, 3.63) is 30.2 Å². The Bertz CT molecular complexity index is 1080. The lowest BCUT2D eigenvalue weighted by Crippen LogP contribution is -2.30. The second-order valence-electron chi connectivity index (χ2n) is 8.05. The molecule has 5 rings (SSSR count). The van der Waals surface area contributed by atoms with Gasteiger partial charge in [-0.15, -0.1) is 0 Å². The van der Waals surface area contributed by atoms with E-state index in [1.807, 2.05) is 0 Å². The fourth-order valence-electron chi connectivity index (χ4n) is 4.53. The third-order valence-electron chi connectivity index (χ3n) is 6.19. The number of halogens is 1. The van der Waals surface area contributed by atoms with Gasteiger partial charge < -0.3 is 30.1 Å². The standard InChI is InChI=1S/C19H23ClN8O3/c20-13-4-14(22-7-21-13)27-2-1-11(5-27)26-18-15-19(24-8-23-18)28(9-25-15)12-3-10(6-29)16(30)17(12)31/h4,7-12,16-17,29-31H,1-3,5-6H2,(H,23,24,26)/t10?,11-,12?,16?,17?/m0/s1. The summed E-state index contributed by atoms with van der Waals surface area (Å²) in [4.78, 5) is 23.5. The van der Waals surface area contributed by atoms with Gasteiger partial charge in [-0.25, -0.2) is 24.9 Å². The highest BCUT2D eigenvalue weighted by Crippen LogP contribution is 2.37. The maximum atomic E-state index is 10.5. The van der Waals surface area contributed by atoms with Crippen LogP contribution in [0.3, 0.4) is 0 Å². The number of anilines is 2. The molecule has 164 valence electrons. The van der Waals surface area contributed by atoms with Crippen LogP contribution in [-0.2, 0) is 0 Å². The van der Waals surface area contributed by atoms with Crippen molar-refractivity contribution in [3.63, 3.8) is 0 Å². The van der Waals surface area contributed by atoms with Gasteiger partial charge in [0.05, 0.1) is 18.5 Å². The van der Waals surface area contributed by atoms with Gasteiger partial charge in [-0.1, -0.05) is 11.6 Å². The third-order valence-corrected chi connectivity index (χ3v) is 6.40. The minimum Gasteiger partial charge on any atom is -0.396 e. The predicted octanol–water partition coefficient (Wildman–Crippen LogP) is 0.236. The molecule has 12 heteroatoms. The first kappa shape index (κ1) is 20.3. The Hall–Kier alpha value is -2.60. The van der Waals surface area contributed by atoms with Crippen molar-refractivity contribution in [2.75, 3.05) is 29.9 Å². The Labute approximate surface area is 182 Å². The Balaban J connectivity index is 1.35. The van der Waals surface area contributed by atoms with E-state index in [0.717, 1.165) is 25.3 Å². The second kappa shape index (κ2) is 8.15. The number of aliphatic hydroxyl groups is 3. The summed E-state index contributed by atoms with van der Waals surface area (Å²) in [6.07, 6.45) is 3.87.